The summed E-state index contributed by atoms with van der Waals surface area (Å²) in [5.41, 5.74) is 1.16. The normalized spacial score (nSPS) is 12.8. The fraction of sp³-hybridized carbons (Fsp3) is 0.381. The van der Waals surface area contributed by atoms with Crippen LogP contribution in [0.5, 0.6) is 5.75 Å². The van der Waals surface area contributed by atoms with E-state index >= 15 is 0 Å². The Morgan fingerprint density at radius 2 is 2.13 bits per heavy atom. The van der Waals surface area contributed by atoms with Crippen molar-refractivity contribution in [3.05, 3.63) is 55.9 Å². The third-order valence-corrected chi connectivity index (χ3v) is 7.25. The number of H-pyrrole nitrogens is 1. The minimum Gasteiger partial charge on any atom is -0.492 e. The first-order valence-corrected chi connectivity index (χ1v) is 12.2. The van der Waals surface area contributed by atoms with Gasteiger partial charge in [-0.3, -0.25) is 9.59 Å². The van der Waals surface area contributed by atoms with Crippen molar-refractivity contribution in [3.63, 3.8) is 0 Å². The van der Waals surface area contributed by atoms with Crippen molar-refractivity contribution in [2.75, 3.05) is 18.9 Å². The van der Waals surface area contributed by atoms with E-state index in [1.54, 1.807) is 47.4 Å². The van der Waals surface area contributed by atoms with Crippen LogP contribution in [-0.2, 0) is 23.4 Å². The Hall–Kier alpha value is -2.03. The molecule has 1 aliphatic carbocycles. The zero-order valence-corrected chi connectivity index (χ0v) is 18.7. The summed E-state index contributed by atoms with van der Waals surface area (Å²) in [5, 5.41) is 4.28. The predicted molar refractivity (Wildman–Crippen MR) is 123 cm³/mol. The molecule has 30 heavy (non-hydrogen) atoms. The van der Waals surface area contributed by atoms with Crippen LogP contribution in [-0.4, -0.2) is 34.8 Å². The van der Waals surface area contributed by atoms with E-state index in [4.69, 9.17) is 16.3 Å². The quantitative estimate of drug-likeness (QED) is 0.469. The molecule has 0 unspecified atom stereocenters. The lowest BCUT2D eigenvalue weighted by atomic mass is 10.2. The van der Waals surface area contributed by atoms with Crippen LogP contribution in [0.15, 0.2) is 29.1 Å². The van der Waals surface area contributed by atoms with Gasteiger partial charge < -0.3 is 15.0 Å². The lowest BCUT2D eigenvalue weighted by Crippen LogP contribution is -2.28. The average molecular weight is 464 g/mol. The van der Waals surface area contributed by atoms with Crippen LogP contribution >= 0.6 is 34.7 Å². The Morgan fingerprint density at radius 1 is 1.30 bits per heavy atom. The molecule has 6 nitrogen and oxygen atoms in total. The van der Waals surface area contributed by atoms with Gasteiger partial charge in [-0.15, -0.1) is 11.3 Å². The third-order valence-electron chi connectivity index (χ3n) is 4.84. The van der Waals surface area contributed by atoms with Gasteiger partial charge in [-0.05, 0) is 49.1 Å². The fourth-order valence-corrected chi connectivity index (χ4v) is 5.64. The van der Waals surface area contributed by atoms with Gasteiger partial charge in [-0.25, -0.2) is 4.98 Å². The summed E-state index contributed by atoms with van der Waals surface area (Å²) in [7, 11) is 0. The number of aromatic nitrogens is 2. The number of thiophene rings is 1. The standard InChI is InChI=1S/C21H22ClN3O3S2/c22-13-4-6-14(7-5-13)28-10-9-23-18(26)8-11-29-12-17-24-20(27)19-15-2-1-3-16(15)30-21(19)25-17/h4-7H,1-3,8-12H2,(H,23,26)(H,24,25,27). The summed E-state index contributed by atoms with van der Waals surface area (Å²) < 4.78 is 5.54. The van der Waals surface area contributed by atoms with Crippen LogP contribution in [0.2, 0.25) is 5.02 Å². The number of fused-ring (bicyclic) bond motifs is 3. The smallest absolute Gasteiger partial charge is 0.259 e. The number of nitrogens with zero attached hydrogens (tertiary/aromatic N) is 1. The van der Waals surface area contributed by atoms with Gasteiger partial charge in [0.15, 0.2) is 0 Å². The molecule has 0 radical (unpaired) electrons. The van der Waals surface area contributed by atoms with E-state index in [2.05, 4.69) is 15.3 Å². The van der Waals surface area contributed by atoms with Gasteiger partial charge in [0.1, 0.15) is 23.0 Å². The van der Waals surface area contributed by atoms with Gasteiger partial charge in [0, 0.05) is 22.1 Å². The van der Waals surface area contributed by atoms with Gasteiger partial charge in [0.2, 0.25) is 5.91 Å². The average Bonchev–Trinajstić information content (AvgIpc) is 3.31. The second-order valence-electron chi connectivity index (χ2n) is 7.01. The molecule has 3 aromatic rings. The molecule has 0 bridgehead atoms. The van der Waals surface area contributed by atoms with E-state index in [1.807, 2.05) is 0 Å². The number of halogens is 1. The number of ether oxygens (including phenoxy) is 1. The van der Waals surface area contributed by atoms with E-state index < -0.39 is 0 Å². The van der Waals surface area contributed by atoms with Gasteiger partial charge in [-0.2, -0.15) is 11.8 Å². The number of hydrogen-bond donors (Lipinski definition) is 2. The molecule has 1 aliphatic rings. The van der Waals surface area contributed by atoms with Crippen molar-refractivity contribution in [3.8, 4) is 5.75 Å². The molecular weight excluding hydrogens is 442 g/mol. The molecule has 4 rings (SSSR count). The molecule has 0 atom stereocenters. The fourth-order valence-electron chi connectivity index (χ4n) is 3.43. The zero-order valence-electron chi connectivity index (χ0n) is 16.3. The Bertz CT molecular complexity index is 1100. The number of aromatic amines is 1. The number of carbonyl (C=O) groups excluding carboxylic acids is 1. The second-order valence-corrected chi connectivity index (χ2v) is 9.63. The molecule has 2 heterocycles. The second kappa shape index (κ2) is 9.85. The van der Waals surface area contributed by atoms with Crippen LogP contribution in [0, 0.1) is 0 Å². The van der Waals surface area contributed by atoms with Crippen molar-refractivity contribution >= 4 is 50.8 Å². The van der Waals surface area contributed by atoms with Gasteiger partial charge in [-0.1, -0.05) is 11.6 Å². The zero-order chi connectivity index (χ0) is 20.9. The molecule has 1 aromatic carbocycles. The molecular formula is C21H22ClN3O3S2. The number of hydrogen-bond acceptors (Lipinski definition) is 6. The lowest BCUT2D eigenvalue weighted by Gasteiger charge is -2.08. The van der Waals surface area contributed by atoms with E-state index in [0.717, 1.165) is 35.2 Å². The van der Waals surface area contributed by atoms with Crippen molar-refractivity contribution in [2.24, 2.45) is 0 Å². The molecule has 158 valence electrons. The molecule has 2 aromatic heterocycles. The molecule has 0 saturated carbocycles. The molecule has 1 amide bonds. The Labute approximate surface area is 187 Å². The summed E-state index contributed by atoms with van der Waals surface area (Å²) in [6.45, 7) is 0.844. The monoisotopic (exact) mass is 463 g/mol. The van der Waals surface area contributed by atoms with Crippen LogP contribution in [0.3, 0.4) is 0 Å². The van der Waals surface area contributed by atoms with Crippen LogP contribution in [0.4, 0.5) is 0 Å². The molecule has 0 fully saturated rings. The van der Waals surface area contributed by atoms with Gasteiger partial charge >= 0.3 is 0 Å². The Balaban J connectivity index is 1.16. The lowest BCUT2D eigenvalue weighted by molar-refractivity contribution is -0.120. The van der Waals surface area contributed by atoms with E-state index in [1.165, 1.54) is 10.4 Å². The van der Waals surface area contributed by atoms with Crippen molar-refractivity contribution in [1.29, 1.82) is 0 Å². The number of benzene rings is 1. The van der Waals surface area contributed by atoms with Crippen molar-refractivity contribution in [2.45, 2.75) is 31.4 Å². The summed E-state index contributed by atoms with van der Waals surface area (Å²) in [5.74, 6) is 2.62. The largest absolute Gasteiger partial charge is 0.492 e. The number of aryl methyl sites for hydroxylation is 2. The number of amides is 1. The van der Waals surface area contributed by atoms with E-state index in [9.17, 15) is 9.59 Å². The maximum Gasteiger partial charge on any atom is 0.259 e. The molecule has 9 heteroatoms. The number of thioether (sulfide) groups is 1. The summed E-state index contributed by atoms with van der Waals surface area (Å²) in [6, 6.07) is 7.11. The first-order chi connectivity index (χ1) is 14.6. The van der Waals surface area contributed by atoms with E-state index in [-0.39, 0.29) is 11.5 Å². The van der Waals surface area contributed by atoms with Gasteiger partial charge in [0.25, 0.3) is 5.56 Å². The minimum absolute atomic E-state index is 0.0196. The molecule has 0 saturated heterocycles. The highest BCUT2D eigenvalue weighted by Gasteiger charge is 2.21. The number of nitrogens with one attached hydrogen (secondary N) is 2. The topological polar surface area (TPSA) is 84.1 Å². The molecule has 0 aliphatic heterocycles. The van der Waals surface area contributed by atoms with Crippen molar-refractivity contribution < 1.29 is 9.53 Å². The Kier molecular flexibility index (Phi) is 6.97. The highest BCUT2D eigenvalue weighted by Crippen LogP contribution is 2.34. The van der Waals surface area contributed by atoms with Crippen LogP contribution in [0.25, 0.3) is 10.2 Å². The number of carbonyl (C=O) groups is 1. The van der Waals surface area contributed by atoms with Gasteiger partial charge in [0.05, 0.1) is 17.7 Å². The summed E-state index contributed by atoms with van der Waals surface area (Å²) in [4.78, 5) is 34.1. The van der Waals surface area contributed by atoms with Crippen LogP contribution < -0.4 is 15.6 Å². The highest BCUT2D eigenvalue weighted by molar-refractivity contribution is 7.98. The predicted octanol–water partition coefficient (Wildman–Crippen LogP) is 3.95. The summed E-state index contributed by atoms with van der Waals surface area (Å²) >= 11 is 9.06. The summed E-state index contributed by atoms with van der Waals surface area (Å²) in [6.07, 6.45) is 3.57. The number of rotatable bonds is 9. The Morgan fingerprint density at radius 3 is 2.97 bits per heavy atom. The van der Waals surface area contributed by atoms with Crippen LogP contribution in [0.1, 0.15) is 29.1 Å². The first-order valence-electron chi connectivity index (χ1n) is 9.86. The van der Waals surface area contributed by atoms with Crippen molar-refractivity contribution in [1.82, 2.24) is 15.3 Å². The molecule has 2 N–H and O–H groups in total. The van der Waals surface area contributed by atoms with E-state index in [0.29, 0.717) is 41.9 Å². The first kappa shape index (κ1) is 21.2. The minimum atomic E-state index is -0.0339. The SMILES string of the molecule is O=C(CCSCc1nc2sc3c(c2c(=O)[nH]1)CCC3)NCCOc1ccc(Cl)cc1. The molecule has 0 spiro atoms. The maximum absolute atomic E-state index is 12.4. The highest BCUT2D eigenvalue weighted by atomic mass is 35.5. The maximum atomic E-state index is 12.4. The third kappa shape index (κ3) is 5.17.